The zero-order valence-corrected chi connectivity index (χ0v) is 14.4. The summed E-state index contributed by atoms with van der Waals surface area (Å²) in [6.07, 6.45) is 5.16. The van der Waals surface area contributed by atoms with Gasteiger partial charge in [0.15, 0.2) is 3.77 Å². The summed E-state index contributed by atoms with van der Waals surface area (Å²) in [5.41, 5.74) is 0.947. The molecule has 2 aromatic rings. The largest absolute Gasteiger partial charge is 0.451 e. The van der Waals surface area contributed by atoms with Gasteiger partial charge in [-0.05, 0) is 46.4 Å². The van der Waals surface area contributed by atoms with E-state index in [1.165, 1.54) is 11.8 Å². The maximum absolute atomic E-state index is 12.4. The molecule has 1 aliphatic rings. The van der Waals surface area contributed by atoms with E-state index < -0.39 is 0 Å². The van der Waals surface area contributed by atoms with Crippen LogP contribution in [0.3, 0.4) is 0 Å². The van der Waals surface area contributed by atoms with Gasteiger partial charge in [0.2, 0.25) is 0 Å². The standard InChI is InChI=1S/C14H9IN2O2S2/c15-12-4-3-10(19-12)6-11-13(18)17(14(20)21-11)8-9-2-1-5-16-7-9/h1-7H,8H2/b11-6-. The fourth-order valence-electron chi connectivity index (χ4n) is 1.85. The van der Waals surface area contributed by atoms with E-state index in [-0.39, 0.29) is 5.91 Å². The van der Waals surface area contributed by atoms with Gasteiger partial charge in [-0.15, -0.1) is 0 Å². The average Bonchev–Trinajstić information content (AvgIpc) is 2.99. The second-order valence-electron chi connectivity index (χ2n) is 4.27. The van der Waals surface area contributed by atoms with Crippen molar-refractivity contribution in [2.75, 3.05) is 0 Å². The Balaban J connectivity index is 1.81. The number of pyridine rings is 1. The summed E-state index contributed by atoms with van der Waals surface area (Å²) >= 11 is 8.67. The van der Waals surface area contributed by atoms with Crippen LogP contribution in [0.5, 0.6) is 0 Å². The molecule has 4 nitrogen and oxygen atoms in total. The molecule has 0 atom stereocenters. The molecule has 0 spiro atoms. The number of aromatic nitrogens is 1. The molecule has 0 N–H and O–H groups in total. The molecule has 1 fully saturated rings. The summed E-state index contributed by atoms with van der Waals surface area (Å²) in [5.74, 6) is 0.557. The van der Waals surface area contributed by atoms with E-state index in [9.17, 15) is 4.79 Å². The van der Waals surface area contributed by atoms with Gasteiger partial charge in [0.25, 0.3) is 5.91 Å². The predicted octanol–water partition coefficient (Wildman–Crippen LogP) is 3.68. The zero-order chi connectivity index (χ0) is 14.8. The van der Waals surface area contributed by atoms with Gasteiger partial charge in [-0.1, -0.05) is 30.0 Å². The van der Waals surface area contributed by atoms with Crippen LogP contribution in [0.1, 0.15) is 11.3 Å². The van der Waals surface area contributed by atoms with E-state index in [1.54, 1.807) is 23.4 Å². The maximum Gasteiger partial charge on any atom is 0.266 e. The molecule has 1 saturated heterocycles. The monoisotopic (exact) mass is 428 g/mol. The fraction of sp³-hybridized carbons (Fsp3) is 0.0714. The Morgan fingerprint density at radius 3 is 2.95 bits per heavy atom. The Morgan fingerprint density at radius 1 is 1.43 bits per heavy atom. The summed E-state index contributed by atoms with van der Waals surface area (Å²) in [5, 5.41) is 0. The van der Waals surface area contributed by atoms with Crippen molar-refractivity contribution in [1.82, 2.24) is 9.88 Å². The van der Waals surface area contributed by atoms with Gasteiger partial charge in [-0.3, -0.25) is 14.7 Å². The van der Waals surface area contributed by atoms with Crippen LogP contribution in [-0.4, -0.2) is 20.1 Å². The Labute approximate surface area is 144 Å². The van der Waals surface area contributed by atoms with Crippen molar-refractivity contribution in [3.8, 4) is 0 Å². The second kappa shape index (κ2) is 6.29. The lowest BCUT2D eigenvalue weighted by atomic mass is 10.2. The van der Waals surface area contributed by atoms with Crippen LogP contribution in [0.4, 0.5) is 0 Å². The predicted molar refractivity (Wildman–Crippen MR) is 94.4 cm³/mol. The van der Waals surface area contributed by atoms with Gasteiger partial charge in [0.05, 0.1) is 11.4 Å². The van der Waals surface area contributed by atoms with Crippen LogP contribution in [0, 0.1) is 3.77 Å². The average molecular weight is 428 g/mol. The number of furan rings is 1. The molecule has 0 radical (unpaired) electrons. The number of carbonyl (C=O) groups is 1. The highest BCUT2D eigenvalue weighted by molar-refractivity contribution is 14.1. The van der Waals surface area contributed by atoms with Gasteiger partial charge in [0.1, 0.15) is 10.1 Å². The fourth-order valence-corrected chi connectivity index (χ4v) is 3.51. The van der Waals surface area contributed by atoms with Crippen LogP contribution in [0.2, 0.25) is 0 Å². The number of carbonyl (C=O) groups excluding carboxylic acids is 1. The first-order valence-electron chi connectivity index (χ1n) is 6.03. The van der Waals surface area contributed by atoms with Crippen LogP contribution in [0.15, 0.2) is 46.0 Å². The summed E-state index contributed by atoms with van der Waals surface area (Å²) < 4.78 is 6.79. The van der Waals surface area contributed by atoms with Crippen molar-refractivity contribution in [2.45, 2.75) is 6.54 Å². The van der Waals surface area contributed by atoms with E-state index in [0.717, 1.165) is 9.33 Å². The number of hydrogen-bond donors (Lipinski definition) is 0. The number of thiocarbonyl (C=S) groups is 1. The topological polar surface area (TPSA) is 46.3 Å². The highest BCUT2D eigenvalue weighted by atomic mass is 127. The molecular formula is C14H9IN2O2S2. The van der Waals surface area contributed by atoms with Gasteiger partial charge in [-0.25, -0.2) is 0 Å². The van der Waals surface area contributed by atoms with Crippen molar-refractivity contribution < 1.29 is 9.21 Å². The number of nitrogens with zero attached hydrogens (tertiary/aromatic N) is 2. The van der Waals surface area contributed by atoms with Crippen molar-refractivity contribution in [2.24, 2.45) is 0 Å². The minimum Gasteiger partial charge on any atom is -0.451 e. The van der Waals surface area contributed by atoms with Crippen LogP contribution < -0.4 is 0 Å². The molecule has 7 heteroatoms. The molecule has 0 aromatic carbocycles. The highest BCUT2D eigenvalue weighted by Crippen LogP contribution is 2.33. The number of amides is 1. The number of thioether (sulfide) groups is 1. The normalized spacial score (nSPS) is 17.0. The molecule has 106 valence electrons. The number of hydrogen-bond acceptors (Lipinski definition) is 5. The SMILES string of the molecule is O=C1/C(=C/c2ccc(I)o2)SC(=S)N1Cc1cccnc1. The van der Waals surface area contributed by atoms with Crippen molar-refractivity contribution in [1.29, 1.82) is 0 Å². The van der Waals surface area contributed by atoms with Crippen LogP contribution in [0.25, 0.3) is 6.08 Å². The summed E-state index contributed by atoms with van der Waals surface area (Å²) in [7, 11) is 0. The van der Waals surface area contributed by atoms with Crippen LogP contribution in [-0.2, 0) is 11.3 Å². The number of halogens is 1. The zero-order valence-electron chi connectivity index (χ0n) is 10.7. The van der Waals surface area contributed by atoms with Gasteiger partial charge in [0, 0.05) is 18.5 Å². The third-order valence-corrected chi connectivity index (χ3v) is 4.76. The third-order valence-electron chi connectivity index (χ3n) is 2.80. The molecule has 3 rings (SSSR count). The maximum atomic E-state index is 12.4. The second-order valence-corrected chi connectivity index (χ2v) is 7.01. The molecule has 0 unspecified atom stereocenters. The summed E-state index contributed by atoms with van der Waals surface area (Å²) in [6.45, 7) is 0.436. The first-order valence-corrected chi connectivity index (χ1v) is 8.33. The Kier molecular flexibility index (Phi) is 4.41. The van der Waals surface area contributed by atoms with Crippen molar-refractivity contribution in [3.63, 3.8) is 0 Å². The minimum absolute atomic E-state index is 0.0970. The lowest BCUT2D eigenvalue weighted by Gasteiger charge is -2.13. The van der Waals surface area contributed by atoms with Gasteiger partial charge < -0.3 is 4.42 Å². The van der Waals surface area contributed by atoms with E-state index in [1.807, 2.05) is 24.3 Å². The summed E-state index contributed by atoms with van der Waals surface area (Å²) in [6, 6.07) is 7.44. The highest BCUT2D eigenvalue weighted by Gasteiger charge is 2.32. The van der Waals surface area contributed by atoms with Gasteiger partial charge in [-0.2, -0.15) is 0 Å². The first-order chi connectivity index (χ1) is 10.1. The van der Waals surface area contributed by atoms with E-state index in [4.69, 9.17) is 16.6 Å². The molecule has 3 heterocycles. The number of rotatable bonds is 3. The minimum atomic E-state index is -0.0970. The van der Waals surface area contributed by atoms with Crippen molar-refractivity contribution >= 4 is 62.9 Å². The van der Waals surface area contributed by atoms with E-state index in [0.29, 0.717) is 21.5 Å². The lowest BCUT2D eigenvalue weighted by molar-refractivity contribution is -0.122. The summed E-state index contributed by atoms with van der Waals surface area (Å²) in [4.78, 5) is 18.6. The molecule has 0 saturated carbocycles. The Hall–Kier alpha value is -1.19. The molecule has 21 heavy (non-hydrogen) atoms. The molecule has 0 bridgehead atoms. The third kappa shape index (κ3) is 3.35. The molecule has 1 aliphatic heterocycles. The Morgan fingerprint density at radius 2 is 2.29 bits per heavy atom. The van der Waals surface area contributed by atoms with E-state index >= 15 is 0 Å². The molecule has 1 amide bonds. The van der Waals surface area contributed by atoms with Gasteiger partial charge >= 0.3 is 0 Å². The molecular weight excluding hydrogens is 419 g/mol. The Bertz CT molecular complexity index is 728. The van der Waals surface area contributed by atoms with E-state index in [2.05, 4.69) is 27.6 Å². The van der Waals surface area contributed by atoms with Crippen LogP contribution >= 0.6 is 46.6 Å². The van der Waals surface area contributed by atoms with Crippen molar-refractivity contribution in [3.05, 3.63) is 56.7 Å². The smallest absolute Gasteiger partial charge is 0.266 e. The quantitative estimate of drug-likeness (QED) is 0.424. The first kappa shape index (κ1) is 14.7. The molecule has 0 aliphatic carbocycles. The molecule has 2 aromatic heterocycles. The lowest BCUT2D eigenvalue weighted by Crippen LogP contribution is -2.27.